The Kier molecular flexibility index (Phi) is 7.48. The zero-order chi connectivity index (χ0) is 20.0. The molecule has 0 spiro atoms. The SMILES string of the molecule is COc1ccccc1CNC(=O)CSCc1c(C)cc(C)c(C(C)=O)c1C. The molecule has 0 radical (unpaired) electrons. The van der Waals surface area contributed by atoms with Crippen LogP contribution in [0.25, 0.3) is 0 Å². The minimum Gasteiger partial charge on any atom is -0.496 e. The average Bonchev–Trinajstić information content (AvgIpc) is 2.62. The normalized spacial score (nSPS) is 10.6. The summed E-state index contributed by atoms with van der Waals surface area (Å²) in [7, 11) is 1.62. The molecular formula is C22H27NO3S. The lowest BCUT2D eigenvalue weighted by molar-refractivity contribution is -0.118. The standard InChI is InChI=1S/C22H27NO3S/c1-14-10-15(2)22(17(4)24)16(3)19(14)12-27-13-21(25)23-11-18-8-6-7-9-20(18)26-5/h6-10H,11-13H2,1-5H3,(H,23,25). The van der Waals surface area contributed by atoms with Crippen LogP contribution in [0.15, 0.2) is 30.3 Å². The van der Waals surface area contributed by atoms with Crippen molar-refractivity contribution in [2.75, 3.05) is 12.9 Å². The van der Waals surface area contributed by atoms with Crippen LogP contribution in [0.3, 0.4) is 0 Å². The molecule has 2 rings (SSSR count). The summed E-state index contributed by atoms with van der Waals surface area (Å²) in [6.45, 7) is 8.07. The molecule has 0 fully saturated rings. The third-order valence-electron chi connectivity index (χ3n) is 4.63. The molecule has 0 atom stereocenters. The van der Waals surface area contributed by atoms with E-state index in [2.05, 4.69) is 18.3 Å². The fourth-order valence-corrected chi connectivity index (χ4v) is 4.37. The number of para-hydroxylation sites is 1. The summed E-state index contributed by atoms with van der Waals surface area (Å²) < 4.78 is 5.30. The molecule has 2 aromatic carbocycles. The van der Waals surface area contributed by atoms with E-state index in [-0.39, 0.29) is 11.7 Å². The number of rotatable bonds is 8. The molecule has 0 aliphatic heterocycles. The third-order valence-corrected chi connectivity index (χ3v) is 5.59. The van der Waals surface area contributed by atoms with Crippen LogP contribution >= 0.6 is 11.8 Å². The van der Waals surface area contributed by atoms with E-state index in [0.29, 0.717) is 18.1 Å². The van der Waals surface area contributed by atoms with Gasteiger partial charge in [0.2, 0.25) is 5.91 Å². The number of hydrogen-bond donors (Lipinski definition) is 1. The molecule has 0 heterocycles. The highest BCUT2D eigenvalue weighted by molar-refractivity contribution is 7.99. The summed E-state index contributed by atoms with van der Waals surface area (Å²) in [5.41, 5.74) is 6.11. The number of hydrogen-bond acceptors (Lipinski definition) is 4. The Morgan fingerprint density at radius 2 is 1.81 bits per heavy atom. The fraction of sp³-hybridized carbons (Fsp3) is 0.364. The Bertz CT molecular complexity index is 846. The maximum Gasteiger partial charge on any atom is 0.230 e. The minimum atomic E-state index is -0.0138. The first-order chi connectivity index (χ1) is 12.8. The van der Waals surface area contributed by atoms with Gasteiger partial charge in [-0.15, -0.1) is 11.8 Å². The molecule has 0 aromatic heterocycles. The summed E-state index contributed by atoms with van der Waals surface area (Å²) >= 11 is 1.56. The van der Waals surface area contributed by atoms with Crippen molar-refractivity contribution in [2.45, 2.75) is 40.0 Å². The number of carbonyl (C=O) groups is 2. The highest BCUT2D eigenvalue weighted by Gasteiger charge is 2.14. The van der Waals surface area contributed by atoms with Gasteiger partial charge in [-0.3, -0.25) is 9.59 Å². The number of ketones is 1. The first-order valence-corrected chi connectivity index (χ1v) is 10.1. The average molecular weight is 386 g/mol. The molecule has 27 heavy (non-hydrogen) atoms. The lowest BCUT2D eigenvalue weighted by Gasteiger charge is -2.15. The van der Waals surface area contributed by atoms with E-state index in [0.717, 1.165) is 39.1 Å². The van der Waals surface area contributed by atoms with E-state index in [4.69, 9.17) is 4.74 Å². The van der Waals surface area contributed by atoms with Gasteiger partial charge in [-0.2, -0.15) is 0 Å². The molecule has 4 nitrogen and oxygen atoms in total. The number of carbonyl (C=O) groups excluding carboxylic acids is 2. The maximum atomic E-state index is 12.2. The van der Waals surface area contributed by atoms with Gasteiger partial charge in [-0.1, -0.05) is 24.3 Å². The first kappa shape index (κ1) is 21.0. The molecule has 1 N–H and O–H groups in total. The summed E-state index contributed by atoms with van der Waals surface area (Å²) in [5.74, 6) is 1.93. The van der Waals surface area contributed by atoms with Gasteiger partial charge in [0.1, 0.15) is 5.75 Å². The van der Waals surface area contributed by atoms with E-state index in [1.165, 1.54) is 0 Å². The Hall–Kier alpha value is -2.27. The van der Waals surface area contributed by atoms with Crippen LogP contribution in [0.4, 0.5) is 0 Å². The van der Waals surface area contributed by atoms with Crippen LogP contribution < -0.4 is 10.1 Å². The number of amides is 1. The molecule has 0 bridgehead atoms. The van der Waals surface area contributed by atoms with E-state index >= 15 is 0 Å². The molecule has 2 aromatic rings. The van der Waals surface area contributed by atoms with Crippen molar-refractivity contribution in [1.29, 1.82) is 0 Å². The smallest absolute Gasteiger partial charge is 0.230 e. The first-order valence-electron chi connectivity index (χ1n) is 8.92. The van der Waals surface area contributed by atoms with Crippen molar-refractivity contribution >= 4 is 23.5 Å². The van der Waals surface area contributed by atoms with Gasteiger partial charge in [0.25, 0.3) is 0 Å². The molecule has 1 amide bonds. The van der Waals surface area contributed by atoms with Crippen LogP contribution in [-0.2, 0) is 17.1 Å². The van der Waals surface area contributed by atoms with Crippen molar-refractivity contribution in [3.05, 3.63) is 63.7 Å². The van der Waals surface area contributed by atoms with Crippen LogP contribution in [-0.4, -0.2) is 24.6 Å². The highest BCUT2D eigenvalue weighted by Crippen LogP contribution is 2.26. The molecule has 5 heteroatoms. The number of nitrogens with one attached hydrogen (secondary N) is 1. The zero-order valence-electron chi connectivity index (χ0n) is 16.6. The quantitative estimate of drug-likeness (QED) is 0.686. The van der Waals surface area contributed by atoms with E-state index in [1.54, 1.807) is 25.8 Å². The van der Waals surface area contributed by atoms with Gasteiger partial charge in [0.05, 0.1) is 12.9 Å². The van der Waals surface area contributed by atoms with Gasteiger partial charge in [-0.25, -0.2) is 0 Å². The number of ether oxygens (including phenoxy) is 1. The molecule has 0 unspecified atom stereocenters. The molecule has 0 aliphatic rings. The number of thioether (sulfide) groups is 1. The molecule has 144 valence electrons. The summed E-state index contributed by atoms with van der Waals surface area (Å²) in [4.78, 5) is 24.1. The van der Waals surface area contributed by atoms with Gasteiger partial charge in [-0.05, 0) is 56.0 Å². The fourth-order valence-electron chi connectivity index (χ4n) is 3.33. The van der Waals surface area contributed by atoms with Gasteiger partial charge < -0.3 is 10.1 Å². The minimum absolute atomic E-state index is 0.0138. The molecule has 0 aliphatic carbocycles. The van der Waals surface area contributed by atoms with Crippen LogP contribution in [0.1, 0.15) is 45.1 Å². The van der Waals surface area contributed by atoms with Crippen molar-refractivity contribution in [3.63, 3.8) is 0 Å². The molecule has 0 saturated carbocycles. The van der Waals surface area contributed by atoms with Crippen LogP contribution in [0.2, 0.25) is 0 Å². The predicted octanol–water partition coefficient (Wildman–Crippen LogP) is 4.37. The molecular weight excluding hydrogens is 358 g/mol. The van der Waals surface area contributed by atoms with E-state index in [1.807, 2.05) is 38.1 Å². The lowest BCUT2D eigenvalue weighted by atomic mass is 9.92. The van der Waals surface area contributed by atoms with Crippen molar-refractivity contribution in [3.8, 4) is 5.75 Å². The highest BCUT2D eigenvalue weighted by atomic mass is 32.2. The van der Waals surface area contributed by atoms with Gasteiger partial charge in [0, 0.05) is 23.4 Å². The van der Waals surface area contributed by atoms with Crippen LogP contribution in [0.5, 0.6) is 5.75 Å². The van der Waals surface area contributed by atoms with E-state index in [9.17, 15) is 9.59 Å². The zero-order valence-corrected chi connectivity index (χ0v) is 17.5. The van der Waals surface area contributed by atoms with Gasteiger partial charge in [0.15, 0.2) is 5.78 Å². The predicted molar refractivity (Wildman–Crippen MR) is 112 cm³/mol. The number of benzene rings is 2. The molecule has 0 saturated heterocycles. The Morgan fingerprint density at radius 1 is 1.11 bits per heavy atom. The second kappa shape index (κ2) is 9.60. The Morgan fingerprint density at radius 3 is 2.48 bits per heavy atom. The number of aryl methyl sites for hydroxylation is 2. The summed E-state index contributed by atoms with van der Waals surface area (Å²) in [6.07, 6.45) is 0. The Balaban J connectivity index is 1.93. The van der Waals surface area contributed by atoms with Crippen molar-refractivity contribution < 1.29 is 14.3 Å². The second-order valence-corrected chi connectivity index (χ2v) is 7.61. The maximum absolute atomic E-state index is 12.2. The summed E-state index contributed by atoms with van der Waals surface area (Å²) in [6, 6.07) is 9.71. The monoisotopic (exact) mass is 385 g/mol. The summed E-state index contributed by atoms with van der Waals surface area (Å²) in [5, 5.41) is 2.93. The van der Waals surface area contributed by atoms with E-state index < -0.39 is 0 Å². The topological polar surface area (TPSA) is 55.4 Å². The number of methoxy groups -OCH3 is 1. The Labute approximate surface area is 165 Å². The third kappa shape index (κ3) is 5.36. The van der Waals surface area contributed by atoms with Crippen LogP contribution in [0, 0.1) is 20.8 Å². The van der Waals surface area contributed by atoms with Crippen molar-refractivity contribution in [2.24, 2.45) is 0 Å². The second-order valence-electron chi connectivity index (χ2n) is 6.63. The van der Waals surface area contributed by atoms with Gasteiger partial charge >= 0.3 is 0 Å². The number of Topliss-reactive ketones (excluding diaryl/α,β-unsaturated/α-hetero) is 1. The largest absolute Gasteiger partial charge is 0.496 e. The van der Waals surface area contributed by atoms with Crippen molar-refractivity contribution in [1.82, 2.24) is 5.32 Å². The lowest BCUT2D eigenvalue weighted by Crippen LogP contribution is -2.24.